The maximum Gasteiger partial charge on any atom is 0.334 e. The Morgan fingerprint density at radius 2 is 1.82 bits per heavy atom. The smallest absolute Gasteiger partial charge is 0.334 e. The number of cyclic esters (lactones) is 2. The van der Waals surface area contributed by atoms with Gasteiger partial charge < -0.3 is 19.3 Å². The van der Waals surface area contributed by atoms with E-state index in [1.165, 1.54) is 6.92 Å². The van der Waals surface area contributed by atoms with Crippen molar-refractivity contribution in [3.63, 3.8) is 0 Å². The first-order chi connectivity index (χ1) is 18.2. The lowest BCUT2D eigenvalue weighted by Crippen LogP contribution is -2.66. The van der Waals surface area contributed by atoms with Gasteiger partial charge in [0.05, 0.1) is 19.1 Å². The van der Waals surface area contributed by atoms with Gasteiger partial charge in [-0.2, -0.15) is 0 Å². The van der Waals surface area contributed by atoms with E-state index in [1.807, 2.05) is 6.08 Å². The minimum atomic E-state index is -0.434. The van der Waals surface area contributed by atoms with E-state index >= 15 is 0 Å². The fraction of sp³-hybridized carbons (Fsp3) is 0.844. The van der Waals surface area contributed by atoms with Crippen LogP contribution in [0.4, 0.5) is 0 Å². The third-order valence-electron chi connectivity index (χ3n) is 12.6. The molecular weight excluding hydrogens is 496 g/mol. The van der Waals surface area contributed by atoms with E-state index in [-0.39, 0.29) is 57.5 Å². The summed E-state index contributed by atoms with van der Waals surface area (Å²) in [5, 5.41) is 10.9. The summed E-state index contributed by atoms with van der Waals surface area (Å²) in [6.45, 7) is 15.1. The van der Waals surface area contributed by atoms with E-state index in [4.69, 9.17) is 14.2 Å². The largest absolute Gasteiger partial charge is 0.465 e. The number of esters is 3. The van der Waals surface area contributed by atoms with Crippen LogP contribution in [0.15, 0.2) is 11.6 Å². The second-order valence-corrected chi connectivity index (χ2v) is 14.7. The monoisotopic (exact) mass is 544 g/mol. The fourth-order valence-electron chi connectivity index (χ4n) is 10.6. The summed E-state index contributed by atoms with van der Waals surface area (Å²) in [5.41, 5.74) is 0.0594. The predicted octanol–water partition coefficient (Wildman–Crippen LogP) is 5.38. The molecule has 1 unspecified atom stereocenters. The Labute approximate surface area is 233 Å². The highest BCUT2D eigenvalue weighted by molar-refractivity contribution is 5.90. The minimum Gasteiger partial charge on any atom is -0.465 e. The van der Waals surface area contributed by atoms with Gasteiger partial charge in [-0.25, -0.2) is 4.79 Å². The highest BCUT2D eigenvalue weighted by Gasteiger charge is 2.70. The molecule has 7 nitrogen and oxygen atoms in total. The molecule has 0 radical (unpaired) electrons. The van der Waals surface area contributed by atoms with Crippen LogP contribution in [0.25, 0.3) is 0 Å². The summed E-state index contributed by atoms with van der Waals surface area (Å²) in [4.78, 5) is 37.2. The maximum atomic E-state index is 12.9. The summed E-state index contributed by atoms with van der Waals surface area (Å²) in [6.07, 6.45) is 7.31. The van der Waals surface area contributed by atoms with Gasteiger partial charge in [0.25, 0.3) is 0 Å². The van der Waals surface area contributed by atoms with Crippen LogP contribution in [0.1, 0.15) is 99.8 Å². The zero-order valence-electron chi connectivity index (χ0n) is 24.9. The van der Waals surface area contributed by atoms with E-state index < -0.39 is 12.2 Å². The summed E-state index contributed by atoms with van der Waals surface area (Å²) in [5.74, 6) is 0.134. The minimum absolute atomic E-state index is 0.0377. The van der Waals surface area contributed by atoms with E-state index in [0.717, 1.165) is 38.5 Å². The van der Waals surface area contributed by atoms with Crippen LogP contribution in [0.3, 0.4) is 0 Å². The third-order valence-corrected chi connectivity index (χ3v) is 12.6. The lowest BCUT2D eigenvalue weighted by atomic mass is 9.34. The van der Waals surface area contributed by atoms with E-state index in [1.54, 1.807) is 6.92 Å². The molecule has 0 aromatic carbocycles. The van der Waals surface area contributed by atoms with Crippen molar-refractivity contribution in [1.82, 2.24) is 0 Å². The van der Waals surface area contributed by atoms with Crippen LogP contribution in [-0.2, 0) is 28.6 Å². The molecule has 3 aliphatic carbocycles. The van der Waals surface area contributed by atoms with E-state index in [0.29, 0.717) is 36.9 Å². The first kappa shape index (κ1) is 28.6. The first-order valence-electron chi connectivity index (χ1n) is 15.1. The van der Waals surface area contributed by atoms with Crippen molar-refractivity contribution in [2.45, 2.75) is 118 Å². The Morgan fingerprint density at radius 1 is 1.10 bits per heavy atom. The van der Waals surface area contributed by atoms with Gasteiger partial charge in [0, 0.05) is 24.3 Å². The number of hydrogen-bond acceptors (Lipinski definition) is 7. The van der Waals surface area contributed by atoms with E-state index in [2.05, 4.69) is 34.6 Å². The topological polar surface area (TPSA) is 99.1 Å². The number of carbonyl (C=O) groups excluding carboxylic acids is 3. The van der Waals surface area contributed by atoms with Crippen LogP contribution in [0.5, 0.6) is 0 Å². The highest BCUT2D eigenvalue weighted by Crippen LogP contribution is 2.74. The number of aliphatic hydroxyl groups is 1. The Bertz CT molecular complexity index is 1060. The molecule has 4 fully saturated rings. The molecular formula is C32H48O7. The number of aliphatic hydroxyl groups excluding tert-OH is 1. The molecule has 5 aliphatic rings. The van der Waals surface area contributed by atoms with Crippen molar-refractivity contribution in [3.05, 3.63) is 11.6 Å². The first-order valence-corrected chi connectivity index (χ1v) is 15.1. The molecule has 0 amide bonds. The van der Waals surface area contributed by atoms with Crippen LogP contribution in [0.2, 0.25) is 0 Å². The van der Waals surface area contributed by atoms with Crippen molar-refractivity contribution in [2.75, 3.05) is 6.61 Å². The van der Waals surface area contributed by atoms with Crippen molar-refractivity contribution in [2.24, 2.45) is 45.3 Å². The molecule has 10 atom stereocenters. The molecule has 5 rings (SSSR count). The molecule has 0 bridgehead atoms. The normalized spacial score (nSPS) is 44.5. The summed E-state index contributed by atoms with van der Waals surface area (Å²) >= 11 is 0. The molecule has 1 N–H and O–H groups in total. The summed E-state index contributed by atoms with van der Waals surface area (Å²) in [7, 11) is 0. The van der Waals surface area contributed by atoms with Crippen molar-refractivity contribution in [1.29, 1.82) is 0 Å². The second-order valence-electron chi connectivity index (χ2n) is 14.7. The van der Waals surface area contributed by atoms with E-state index in [9.17, 15) is 19.5 Å². The SMILES string of the molecule is CC(=O)O[C@@H](C[C@@H]1C=C(C)C(=O)O1)[C@H](C)[C@H]1CC[C@@H]2[C@@]3(C)CC[C@H](O)C(C)(C)C3CC[C@@]2(C)[C@@]12COC(=O)C2. The van der Waals surface area contributed by atoms with Gasteiger partial charge in [0.2, 0.25) is 0 Å². The summed E-state index contributed by atoms with van der Waals surface area (Å²) in [6, 6.07) is 0. The zero-order chi connectivity index (χ0) is 28.5. The average Bonchev–Trinajstić information content (AvgIpc) is 3.39. The molecule has 3 saturated carbocycles. The Balaban J connectivity index is 1.49. The Morgan fingerprint density at radius 3 is 2.41 bits per heavy atom. The molecule has 1 spiro atoms. The zero-order valence-corrected chi connectivity index (χ0v) is 24.9. The maximum absolute atomic E-state index is 12.9. The molecule has 0 aromatic rings. The molecule has 2 heterocycles. The van der Waals surface area contributed by atoms with Gasteiger partial charge in [-0.3, -0.25) is 9.59 Å². The van der Waals surface area contributed by atoms with Gasteiger partial charge in [-0.15, -0.1) is 0 Å². The Hall–Kier alpha value is -1.89. The van der Waals surface area contributed by atoms with Crippen LogP contribution < -0.4 is 0 Å². The second kappa shape index (κ2) is 9.60. The van der Waals surface area contributed by atoms with Gasteiger partial charge in [0.1, 0.15) is 12.2 Å². The number of hydrogen-bond donors (Lipinski definition) is 1. The van der Waals surface area contributed by atoms with Crippen LogP contribution in [0, 0.1) is 45.3 Å². The van der Waals surface area contributed by atoms with Gasteiger partial charge in [-0.05, 0) is 91.4 Å². The lowest BCUT2D eigenvalue weighted by molar-refractivity contribution is -0.236. The van der Waals surface area contributed by atoms with Crippen molar-refractivity contribution < 1.29 is 33.7 Å². The molecule has 7 heteroatoms. The third kappa shape index (κ3) is 4.28. The van der Waals surface area contributed by atoms with Gasteiger partial charge >= 0.3 is 17.9 Å². The highest BCUT2D eigenvalue weighted by atomic mass is 16.6. The molecule has 218 valence electrons. The number of carbonyl (C=O) groups is 3. The number of fused-ring (bicyclic) bond motifs is 4. The number of rotatable bonds is 5. The summed E-state index contributed by atoms with van der Waals surface area (Å²) < 4.78 is 17.3. The van der Waals surface area contributed by atoms with Crippen molar-refractivity contribution >= 4 is 17.9 Å². The van der Waals surface area contributed by atoms with Gasteiger partial charge in [0.15, 0.2) is 0 Å². The standard InChI is InChI=1S/C32H48O7/c1-18-14-21(39-28(18)36)15-23(38-20(3)33)19(2)22-8-9-25-30(6)12-11-26(34)29(4,5)24(30)10-13-31(25,7)32(22)16-27(35)37-17-32/h14,19,21-26,34H,8-13,15-17H2,1-7H3/t19-,21+,22-,23+,24?,25-,26+,30+,31-,32+/m1/s1. The molecule has 2 aliphatic heterocycles. The van der Waals surface area contributed by atoms with Gasteiger partial charge in [-0.1, -0.05) is 34.6 Å². The van der Waals surface area contributed by atoms with Crippen LogP contribution in [-0.4, -0.2) is 47.9 Å². The Kier molecular flexibility index (Phi) is 7.04. The molecule has 1 saturated heterocycles. The average molecular weight is 545 g/mol. The van der Waals surface area contributed by atoms with Crippen LogP contribution >= 0.6 is 0 Å². The quantitative estimate of drug-likeness (QED) is 0.366. The van der Waals surface area contributed by atoms with Crippen molar-refractivity contribution in [3.8, 4) is 0 Å². The number of ether oxygens (including phenoxy) is 3. The fourth-order valence-corrected chi connectivity index (χ4v) is 10.6. The molecule has 39 heavy (non-hydrogen) atoms. The predicted molar refractivity (Wildman–Crippen MR) is 145 cm³/mol. The lowest BCUT2D eigenvalue weighted by Gasteiger charge is -2.70. The molecule has 0 aromatic heterocycles.